The van der Waals surface area contributed by atoms with Crippen LogP contribution in [0.15, 0.2) is 55.1 Å². The van der Waals surface area contributed by atoms with Gasteiger partial charge in [-0.25, -0.2) is 9.18 Å². The summed E-state index contributed by atoms with van der Waals surface area (Å²) in [7, 11) is 0. The Balaban J connectivity index is 1.34. The Kier molecular flexibility index (Phi) is 7.05. The number of carbonyl (C=O) groups excluding carboxylic acids is 1. The number of rotatable bonds is 6. The summed E-state index contributed by atoms with van der Waals surface area (Å²) in [5, 5.41) is 8.81. The zero-order chi connectivity index (χ0) is 22.5. The van der Waals surface area contributed by atoms with E-state index in [0.717, 1.165) is 30.2 Å². The zero-order valence-corrected chi connectivity index (χ0v) is 18.4. The first-order chi connectivity index (χ1) is 15.6. The van der Waals surface area contributed by atoms with E-state index in [-0.39, 0.29) is 11.3 Å². The lowest BCUT2D eigenvalue weighted by Crippen LogP contribution is -2.30. The molecule has 0 heterocycles. The summed E-state index contributed by atoms with van der Waals surface area (Å²) < 4.78 is 19.0. The third-order valence-electron chi connectivity index (χ3n) is 7.39. The van der Waals surface area contributed by atoms with Gasteiger partial charge in [-0.05, 0) is 98.4 Å². The highest BCUT2D eigenvalue weighted by Gasteiger charge is 2.35. The van der Waals surface area contributed by atoms with E-state index in [0.29, 0.717) is 11.5 Å². The van der Waals surface area contributed by atoms with Crippen molar-refractivity contribution < 1.29 is 13.9 Å². The molecular weight excluding hydrogens is 401 g/mol. The summed E-state index contributed by atoms with van der Waals surface area (Å²) in [5.41, 5.74) is 1.65. The van der Waals surface area contributed by atoms with Crippen molar-refractivity contribution in [3.05, 3.63) is 77.6 Å². The van der Waals surface area contributed by atoms with Gasteiger partial charge >= 0.3 is 5.97 Å². The number of nitrogens with zero attached hydrogens (tertiary/aromatic N) is 1. The molecule has 3 nitrogen and oxygen atoms in total. The fourth-order valence-electron chi connectivity index (χ4n) is 5.61. The lowest BCUT2D eigenvalue weighted by Gasteiger charge is -2.42. The smallest absolute Gasteiger partial charge is 0.343 e. The van der Waals surface area contributed by atoms with Gasteiger partial charge in [-0.1, -0.05) is 24.6 Å². The maximum atomic E-state index is 13.7. The van der Waals surface area contributed by atoms with E-state index in [1.807, 2.05) is 18.2 Å². The molecule has 0 spiro atoms. The molecule has 2 aromatic rings. The van der Waals surface area contributed by atoms with Crippen molar-refractivity contribution in [2.75, 3.05) is 0 Å². The van der Waals surface area contributed by atoms with Gasteiger partial charge in [0.25, 0.3) is 0 Å². The maximum Gasteiger partial charge on any atom is 0.343 e. The highest BCUT2D eigenvalue weighted by atomic mass is 19.1. The SMILES string of the molecule is C=CCCC1CCC2CC(c3ccc(C(=O)Oc4ccc(C#N)c(F)c4)cc3)CCC2C1. The summed E-state index contributed by atoms with van der Waals surface area (Å²) in [5.74, 6) is 2.00. The van der Waals surface area contributed by atoms with E-state index in [4.69, 9.17) is 10.00 Å². The van der Waals surface area contributed by atoms with Crippen LogP contribution < -0.4 is 4.74 Å². The summed E-state index contributed by atoms with van der Waals surface area (Å²) in [6.45, 7) is 3.86. The molecule has 2 fully saturated rings. The number of fused-ring (bicyclic) bond motifs is 1. The van der Waals surface area contributed by atoms with Crippen LogP contribution in [0.25, 0.3) is 0 Å². The quantitative estimate of drug-likeness (QED) is 0.276. The molecule has 2 aliphatic carbocycles. The van der Waals surface area contributed by atoms with Crippen LogP contribution in [-0.4, -0.2) is 5.97 Å². The molecule has 0 amide bonds. The van der Waals surface area contributed by atoms with Crippen LogP contribution in [0, 0.1) is 34.9 Å². The van der Waals surface area contributed by atoms with E-state index in [1.165, 1.54) is 62.6 Å². The number of carbonyl (C=O) groups is 1. The van der Waals surface area contributed by atoms with Crippen molar-refractivity contribution in [1.29, 1.82) is 5.26 Å². The summed E-state index contributed by atoms with van der Waals surface area (Å²) >= 11 is 0. The number of halogens is 1. The van der Waals surface area contributed by atoms with Gasteiger partial charge in [-0.15, -0.1) is 6.58 Å². The first kappa shape index (κ1) is 22.3. The molecule has 0 N–H and O–H groups in total. The Morgan fingerprint density at radius 3 is 2.56 bits per heavy atom. The largest absolute Gasteiger partial charge is 0.423 e. The molecule has 2 saturated carbocycles. The summed E-state index contributed by atoms with van der Waals surface area (Å²) in [6.07, 6.45) is 12.3. The molecule has 4 rings (SSSR count). The van der Waals surface area contributed by atoms with Crippen molar-refractivity contribution >= 4 is 5.97 Å². The molecule has 4 heteroatoms. The van der Waals surface area contributed by atoms with Gasteiger partial charge in [-0.2, -0.15) is 5.26 Å². The van der Waals surface area contributed by atoms with E-state index in [1.54, 1.807) is 18.2 Å². The van der Waals surface area contributed by atoms with Gasteiger partial charge < -0.3 is 4.74 Å². The van der Waals surface area contributed by atoms with Crippen molar-refractivity contribution in [3.63, 3.8) is 0 Å². The molecule has 0 saturated heterocycles. The van der Waals surface area contributed by atoms with Gasteiger partial charge in [0.15, 0.2) is 0 Å². The Hall–Kier alpha value is -2.93. The second kappa shape index (κ2) is 10.1. The van der Waals surface area contributed by atoms with E-state index in [2.05, 4.69) is 6.58 Å². The molecule has 0 aliphatic heterocycles. The Bertz CT molecular complexity index is 1010. The number of allylic oxidation sites excluding steroid dienone is 1. The van der Waals surface area contributed by atoms with Crippen molar-refractivity contribution in [2.45, 2.75) is 57.3 Å². The van der Waals surface area contributed by atoms with Gasteiger partial charge in [-0.3, -0.25) is 0 Å². The minimum atomic E-state index is -0.696. The summed E-state index contributed by atoms with van der Waals surface area (Å²) in [4.78, 5) is 12.4. The normalized spacial score (nSPS) is 24.8. The monoisotopic (exact) mass is 431 g/mol. The Morgan fingerprint density at radius 1 is 1.09 bits per heavy atom. The summed E-state index contributed by atoms with van der Waals surface area (Å²) in [6, 6.07) is 13.2. The minimum absolute atomic E-state index is 0.0749. The first-order valence-electron chi connectivity index (χ1n) is 11.7. The second-order valence-corrected chi connectivity index (χ2v) is 9.34. The first-order valence-corrected chi connectivity index (χ1v) is 11.7. The van der Waals surface area contributed by atoms with Crippen molar-refractivity contribution in [1.82, 2.24) is 0 Å². The van der Waals surface area contributed by atoms with Crippen LogP contribution in [0.1, 0.15) is 78.8 Å². The van der Waals surface area contributed by atoms with E-state index < -0.39 is 11.8 Å². The van der Waals surface area contributed by atoms with Crippen LogP contribution in [0.5, 0.6) is 5.75 Å². The van der Waals surface area contributed by atoms with Crippen LogP contribution in [0.4, 0.5) is 4.39 Å². The van der Waals surface area contributed by atoms with Crippen LogP contribution >= 0.6 is 0 Å². The van der Waals surface area contributed by atoms with Crippen LogP contribution in [0.3, 0.4) is 0 Å². The van der Waals surface area contributed by atoms with Gasteiger partial charge in [0.1, 0.15) is 17.6 Å². The van der Waals surface area contributed by atoms with Gasteiger partial charge in [0, 0.05) is 6.07 Å². The molecule has 2 aromatic carbocycles. The molecule has 0 aromatic heterocycles. The number of benzene rings is 2. The predicted octanol–water partition coefficient (Wildman–Crippen LogP) is 7.18. The molecule has 4 unspecified atom stereocenters. The minimum Gasteiger partial charge on any atom is -0.423 e. The second-order valence-electron chi connectivity index (χ2n) is 9.34. The van der Waals surface area contributed by atoms with Gasteiger partial charge in [0.05, 0.1) is 11.1 Å². The molecule has 4 atom stereocenters. The maximum absolute atomic E-state index is 13.7. The number of hydrogen-bond donors (Lipinski definition) is 0. The third kappa shape index (κ3) is 5.10. The zero-order valence-electron chi connectivity index (χ0n) is 18.4. The predicted molar refractivity (Wildman–Crippen MR) is 123 cm³/mol. The fraction of sp³-hybridized carbons (Fsp3) is 0.429. The van der Waals surface area contributed by atoms with Crippen molar-refractivity contribution in [3.8, 4) is 11.8 Å². The Labute approximate surface area is 189 Å². The third-order valence-corrected chi connectivity index (χ3v) is 7.39. The number of esters is 1. The number of ether oxygens (including phenoxy) is 1. The average molecular weight is 432 g/mol. The van der Waals surface area contributed by atoms with E-state index in [9.17, 15) is 9.18 Å². The lowest BCUT2D eigenvalue weighted by molar-refractivity contribution is 0.0734. The molecule has 2 aliphatic rings. The molecule has 32 heavy (non-hydrogen) atoms. The van der Waals surface area contributed by atoms with E-state index >= 15 is 0 Å². The standard InChI is InChI=1S/C28H30FNO2/c1-2-3-4-19-5-6-24-16-23(12-11-22(24)15-19)20-7-9-21(10-8-20)28(31)32-26-14-13-25(18-30)27(29)17-26/h2,7-10,13-14,17,19,22-24H,1,3-6,11-12,15-16H2. The van der Waals surface area contributed by atoms with Gasteiger partial charge in [0.2, 0.25) is 0 Å². The fourth-order valence-corrected chi connectivity index (χ4v) is 5.61. The molecule has 0 bridgehead atoms. The lowest BCUT2D eigenvalue weighted by atomic mass is 9.63. The molecule has 0 radical (unpaired) electrons. The van der Waals surface area contributed by atoms with Crippen molar-refractivity contribution in [2.24, 2.45) is 17.8 Å². The average Bonchev–Trinajstić information content (AvgIpc) is 2.82. The molecule has 166 valence electrons. The molecular formula is C28H30FNO2. The van der Waals surface area contributed by atoms with Crippen LogP contribution in [0.2, 0.25) is 0 Å². The highest BCUT2D eigenvalue weighted by Crippen LogP contribution is 2.48. The highest BCUT2D eigenvalue weighted by molar-refractivity contribution is 5.91. The number of nitriles is 1. The Morgan fingerprint density at radius 2 is 1.84 bits per heavy atom. The number of hydrogen-bond acceptors (Lipinski definition) is 3. The van der Waals surface area contributed by atoms with Crippen LogP contribution in [-0.2, 0) is 0 Å². The topological polar surface area (TPSA) is 50.1 Å².